The predicted octanol–water partition coefficient (Wildman–Crippen LogP) is 3.49. The Labute approximate surface area is 239 Å². The van der Waals surface area contributed by atoms with Crippen molar-refractivity contribution in [2.75, 3.05) is 31.7 Å². The number of carbonyl (C=O) groups excluding carboxylic acids is 2. The molecule has 2 amide bonds. The molecule has 2 aromatic rings. The largest absolute Gasteiger partial charge is 0.502 e. The summed E-state index contributed by atoms with van der Waals surface area (Å²) in [4.78, 5) is 42.3. The van der Waals surface area contributed by atoms with Gasteiger partial charge in [0, 0.05) is 58.2 Å². The fourth-order valence-electron chi connectivity index (χ4n) is 5.29. The molecule has 0 unspecified atom stereocenters. The van der Waals surface area contributed by atoms with E-state index in [4.69, 9.17) is 15.6 Å². The van der Waals surface area contributed by atoms with Crippen LogP contribution in [-0.4, -0.2) is 80.1 Å². The first kappa shape index (κ1) is 30.0. The molecule has 0 atom stereocenters. The van der Waals surface area contributed by atoms with Crippen LogP contribution in [-0.2, 0) is 11.2 Å². The van der Waals surface area contributed by atoms with Crippen molar-refractivity contribution in [1.82, 2.24) is 14.5 Å². The van der Waals surface area contributed by atoms with Gasteiger partial charge in [0.2, 0.25) is 5.43 Å². The van der Waals surface area contributed by atoms with E-state index in [2.05, 4.69) is 0 Å². The molecule has 0 saturated carbocycles. The summed E-state index contributed by atoms with van der Waals surface area (Å²) in [6.45, 7) is 6.19. The molecule has 220 valence electrons. The third-order valence-corrected chi connectivity index (χ3v) is 8.17. The quantitative estimate of drug-likeness (QED) is 0.357. The van der Waals surface area contributed by atoms with Gasteiger partial charge in [-0.1, -0.05) is 17.8 Å². The Kier molecular flexibility index (Phi) is 8.43. The van der Waals surface area contributed by atoms with Gasteiger partial charge in [0.05, 0.1) is 16.7 Å². The number of rotatable bonds is 5. The van der Waals surface area contributed by atoms with Crippen molar-refractivity contribution in [2.45, 2.75) is 51.8 Å². The zero-order valence-corrected chi connectivity index (χ0v) is 24.0. The van der Waals surface area contributed by atoms with E-state index in [0.717, 1.165) is 6.07 Å². The molecule has 14 heteroatoms. The molecule has 3 heterocycles. The third-order valence-electron chi connectivity index (χ3n) is 7.35. The number of hydrogen-bond donors (Lipinski definition) is 3. The van der Waals surface area contributed by atoms with Gasteiger partial charge >= 0.3 is 6.09 Å². The van der Waals surface area contributed by atoms with Crippen LogP contribution in [0.15, 0.2) is 29.2 Å². The van der Waals surface area contributed by atoms with Gasteiger partial charge in [-0.3, -0.25) is 30.1 Å². The molecule has 1 aromatic heterocycles. The second kappa shape index (κ2) is 11.5. The first-order valence-electron chi connectivity index (χ1n) is 13.1. The lowest BCUT2D eigenvalue weighted by Crippen LogP contribution is -2.72. The minimum absolute atomic E-state index is 0.0530. The Balaban J connectivity index is 1.63. The van der Waals surface area contributed by atoms with E-state index in [-0.39, 0.29) is 46.0 Å². The summed E-state index contributed by atoms with van der Waals surface area (Å²) in [6.07, 6.45) is 1.04. The number of likely N-dealkylation sites (tertiary alicyclic amines) is 1. The average Bonchev–Trinajstić information content (AvgIpc) is 2.90. The zero-order valence-electron chi connectivity index (χ0n) is 23.2. The second-order valence-electron chi connectivity index (χ2n) is 10.2. The number of piperidine rings is 1. The highest BCUT2D eigenvalue weighted by Gasteiger charge is 2.51. The summed E-state index contributed by atoms with van der Waals surface area (Å²) < 4.78 is 33.9. The number of halogens is 2. The molecule has 11 nitrogen and oxygen atoms in total. The smallest absolute Gasteiger partial charge is 0.410 e. The highest BCUT2D eigenvalue weighted by Crippen LogP contribution is 2.37. The average molecular weight is 591 g/mol. The van der Waals surface area contributed by atoms with Gasteiger partial charge in [-0.25, -0.2) is 13.6 Å². The summed E-state index contributed by atoms with van der Waals surface area (Å²) in [7, 11) is 1.70. The molecule has 3 N–H and O–H groups in total. The lowest BCUT2D eigenvalue weighted by molar-refractivity contribution is -0.00368. The van der Waals surface area contributed by atoms with Gasteiger partial charge in [0.15, 0.2) is 11.4 Å². The van der Waals surface area contributed by atoms with Crippen LogP contribution in [0.3, 0.4) is 0 Å². The number of aromatic nitrogens is 1. The van der Waals surface area contributed by atoms with Gasteiger partial charge < -0.3 is 19.6 Å². The molecule has 2 aliphatic heterocycles. The Morgan fingerprint density at radius 2 is 1.85 bits per heavy atom. The second-order valence-corrected chi connectivity index (χ2v) is 11.3. The van der Waals surface area contributed by atoms with E-state index in [0.29, 0.717) is 43.8 Å². The monoisotopic (exact) mass is 590 g/mol. The zero-order chi connectivity index (χ0) is 30.2. The number of carbonyl (C=O) groups is 2. The molecule has 41 heavy (non-hydrogen) atoms. The Hall–Kier alpha value is -3.94. The minimum Gasteiger partial charge on any atom is -0.502 e. The fraction of sp³-hybridized carbons (Fsp3) is 0.444. The number of ether oxygens (including phenoxy) is 1. The van der Waals surface area contributed by atoms with Crippen molar-refractivity contribution in [1.29, 1.82) is 10.8 Å². The van der Waals surface area contributed by atoms with Crippen LogP contribution >= 0.6 is 11.8 Å². The van der Waals surface area contributed by atoms with Crippen LogP contribution in [0.4, 0.5) is 13.6 Å². The van der Waals surface area contributed by atoms with E-state index < -0.39 is 40.5 Å². The standard InChI is InChI=1S/C27H32F2N6O5S/c1-5-34-25(38)21-23(37)22(36)18(24(31)41-20(30)12-16-6-7-17(28)13-19(16)29)14-35(21)32(4)27(34)8-10-33(11-9-27)26(39)40-15(2)3/h6-7,13-15,30-31,37H,5,8-12H2,1-4H3. The predicted molar refractivity (Wildman–Crippen MR) is 151 cm³/mol. The van der Waals surface area contributed by atoms with E-state index in [1.54, 1.807) is 42.6 Å². The molecular weight excluding hydrogens is 558 g/mol. The first-order valence-corrected chi connectivity index (χ1v) is 13.9. The summed E-state index contributed by atoms with van der Waals surface area (Å²) in [5.41, 5.74) is -2.30. The molecule has 1 aromatic carbocycles. The van der Waals surface area contributed by atoms with Gasteiger partial charge in [0.1, 0.15) is 22.3 Å². The van der Waals surface area contributed by atoms with Crippen LogP contribution in [0.2, 0.25) is 0 Å². The van der Waals surface area contributed by atoms with Gasteiger partial charge in [0.25, 0.3) is 5.91 Å². The number of hydrogen-bond acceptors (Lipinski definition) is 9. The number of fused-ring (bicyclic) bond motifs is 1. The summed E-state index contributed by atoms with van der Waals surface area (Å²) in [5.74, 6) is -2.98. The van der Waals surface area contributed by atoms with Crippen molar-refractivity contribution in [3.63, 3.8) is 0 Å². The number of nitrogens with one attached hydrogen (secondary N) is 2. The van der Waals surface area contributed by atoms with E-state index in [1.807, 2.05) is 0 Å². The number of pyridine rings is 1. The molecule has 2 aliphatic rings. The molecule has 1 spiro atoms. The van der Waals surface area contributed by atoms with Crippen LogP contribution in [0, 0.1) is 22.5 Å². The summed E-state index contributed by atoms with van der Waals surface area (Å²) in [5, 5.41) is 28.7. The molecule has 0 bridgehead atoms. The number of amides is 2. The highest BCUT2D eigenvalue weighted by atomic mass is 32.2. The third kappa shape index (κ3) is 5.52. The number of nitrogens with zero attached hydrogens (tertiary/aromatic N) is 4. The fourth-order valence-corrected chi connectivity index (χ4v) is 6.02. The molecule has 0 aliphatic carbocycles. The maximum absolute atomic E-state index is 14.1. The van der Waals surface area contributed by atoms with Crippen LogP contribution < -0.4 is 10.4 Å². The summed E-state index contributed by atoms with van der Waals surface area (Å²) >= 11 is 0.586. The van der Waals surface area contributed by atoms with Crippen molar-refractivity contribution in [3.05, 3.63) is 63.1 Å². The maximum Gasteiger partial charge on any atom is 0.410 e. The van der Waals surface area contributed by atoms with Gasteiger partial charge in [-0.2, -0.15) is 0 Å². The molecular formula is C27H32F2N6O5S. The molecule has 4 rings (SSSR count). The molecule has 1 fully saturated rings. The Morgan fingerprint density at radius 1 is 1.20 bits per heavy atom. The SMILES string of the molecule is CCN1C(=O)c2c(O)c(=O)c(C(=N)SC(=N)Cc3ccc(F)cc3F)cn2N(C)C12CCN(C(=O)OC(C)C)CC2. The topological polar surface area (TPSA) is 143 Å². The number of thioether (sulfide) groups is 1. The molecule has 1 saturated heterocycles. The minimum atomic E-state index is -0.950. The normalized spacial score (nSPS) is 16.3. The summed E-state index contributed by atoms with van der Waals surface area (Å²) in [6, 6.07) is 2.97. The maximum atomic E-state index is 14.1. The number of benzene rings is 1. The molecule has 0 radical (unpaired) electrons. The van der Waals surface area contributed by atoms with Crippen molar-refractivity contribution in [3.8, 4) is 5.75 Å². The lowest BCUT2D eigenvalue weighted by atomic mass is 9.92. The Bertz CT molecular complexity index is 1470. The number of aromatic hydroxyl groups is 1. The van der Waals surface area contributed by atoms with Gasteiger partial charge in [-0.15, -0.1) is 0 Å². The van der Waals surface area contributed by atoms with E-state index in [1.165, 1.54) is 16.9 Å². The Morgan fingerprint density at radius 3 is 2.44 bits per heavy atom. The van der Waals surface area contributed by atoms with Crippen molar-refractivity contribution >= 4 is 33.8 Å². The lowest BCUT2D eigenvalue weighted by Gasteiger charge is -2.56. The van der Waals surface area contributed by atoms with E-state index >= 15 is 0 Å². The van der Waals surface area contributed by atoms with Crippen LogP contribution in [0.1, 0.15) is 55.2 Å². The van der Waals surface area contributed by atoms with Crippen molar-refractivity contribution in [2.24, 2.45) is 0 Å². The van der Waals surface area contributed by atoms with Crippen molar-refractivity contribution < 1.29 is 28.2 Å². The van der Waals surface area contributed by atoms with Crippen LogP contribution in [0.25, 0.3) is 0 Å². The first-order chi connectivity index (χ1) is 19.3. The van der Waals surface area contributed by atoms with Gasteiger partial charge in [-0.05, 0) is 32.4 Å². The highest BCUT2D eigenvalue weighted by molar-refractivity contribution is 8.26. The van der Waals surface area contributed by atoms with Crippen LogP contribution in [0.5, 0.6) is 5.75 Å². The van der Waals surface area contributed by atoms with E-state index in [9.17, 15) is 28.3 Å².